The van der Waals surface area contributed by atoms with Gasteiger partial charge < -0.3 is 19.0 Å². The Morgan fingerprint density at radius 1 is 0.931 bits per heavy atom. The first-order valence-corrected chi connectivity index (χ1v) is 10.7. The molecule has 0 amide bonds. The molecule has 0 aromatic heterocycles. The molecule has 1 aliphatic heterocycles. The summed E-state index contributed by atoms with van der Waals surface area (Å²) in [7, 11) is 0. The fraction of sp³-hybridized carbons (Fsp3) is 0.391. The molecule has 29 heavy (non-hydrogen) atoms. The van der Waals surface area contributed by atoms with Crippen molar-refractivity contribution in [1.29, 1.82) is 0 Å². The summed E-state index contributed by atoms with van der Waals surface area (Å²) in [6.45, 7) is 2.35. The Hall–Kier alpha value is -1.99. The van der Waals surface area contributed by atoms with Crippen LogP contribution in [0.25, 0.3) is 0 Å². The lowest BCUT2D eigenvalue weighted by Crippen LogP contribution is -2.38. The molecule has 4 atom stereocenters. The van der Waals surface area contributed by atoms with E-state index in [2.05, 4.69) is 0 Å². The molecular formula is C23H26O5S. The van der Waals surface area contributed by atoms with Gasteiger partial charge in [-0.2, -0.15) is 0 Å². The maximum atomic E-state index is 11.5. The Morgan fingerprint density at radius 2 is 1.45 bits per heavy atom. The number of ether oxygens (including phenoxy) is 3. The predicted octanol–water partition coefficient (Wildman–Crippen LogP) is 3.79. The van der Waals surface area contributed by atoms with Crippen molar-refractivity contribution in [3.63, 3.8) is 0 Å². The summed E-state index contributed by atoms with van der Waals surface area (Å²) in [5.74, 6) is 0.468. The topological polar surface area (TPSA) is 61.8 Å². The van der Waals surface area contributed by atoms with Gasteiger partial charge in [0.2, 0.25) is 0 Å². The van der Waals surface area contributed by atoms with Gasteiger partial charge in [0.05, 0.1) is 25.4 Å². The highest BCUT2D eigenvalue weighted by molar-refractivity contribution is 8.13. The number of rotatable bonds is 10. The molecule has 1 aliphatic rings. The van der Waals surface area contributed by atoms with Gasteiger partial charge >= 0.3 is 0 Å². The third-order valence-electron chi connectivity index (χ3n) is 4.76. The first-order valence-electron chi connectivity index (χ1n) is 9.71. The first-order chi connectivity index (χ1) is 14.2. The molecule has 1 saturated heterocycles. The number of benzene rings is 2. The molecule has 1 fully saturated rings. The van der Waals surface area contributed by atoms with Gasteiger partial charge in [-0.25, -0.2) is 0 Å². The molecule has 0 N–H and O–H groups in total. The van der Waals surface area contributed by atoms with Gasteiger partial charge in [-0.3, -0.25) is 4.79 Å². The molecular weight excluding hydrogens is 388 g/mol. The van der Waals surface area contributed by atoms with E-state index in [4.69, 9.17) is 14.2 Å². The van der Waals surface area contributed by atoms with Gasteiger partial charge in [-0.05, 0) is 11.1 Å². The molecule has 0 aliphatic carbocycles. The minimum Gasteiger partial charge on any atom is -0.368 e. The Labute approximate surface area is 175 Å². The van der Waals surface area contributed by atoms with Crippen LogP contribution in [0, 0.1) is 0 Å². The molecule has 0 unspecified atom stereocenters. The van der Waals surface area contributed by atoms with Crippen molar-refractivity contribution in [2.24, 2.45) is 0 Å². The first kappa shape index (κ1) is 21.7. The number of thioether (sulfide) groups is 1. The average molecular weight is 415 g/mol. The van der Waals surface area contributed by atoms with Crippen LogP contribution in [-0.2, 0) is 37.0 Å². The van der Waals surface area contributed by atoms with Crippen molar-refractivity contribution in [2.45, 2.75) is 51.0 Å². The van der Waals surface area contributed by atoms with E-state index in [1.54, 1.807) is 0 Å². The molecule has 0 bridgehead atoms. The monoisotopic (exact) mass is 414 g/mol. The quantitative estimate of drug-likeness (QED) is 0.551. The zero-order valence-electron chi connectivity index (χ0n) is 16.4. The predicted molar refractivity (Wildman–Crippen MR) is 113 cm³/mol. The number of aldehydes is 1. The van der Waals surface area contributed by atoms with Crippen LogP contribution in [0.4, 0.5) is 0 Å². The molecule has 2 aromatic carbocycles. The van der Waals surface area contributed by atoms with E-state index in [0.29, 0.717) is 19.0 Å². The standard InChI is InChI=1S/C23H26O5S/c1-17(25)29-16-21-23(27-15-19-10-6-3-7-11-19)22(20(28-21)12-13-24)26-14-18-8-4-2-5-9-18/h2-11,13,20-23H,12,14-16H2,1H3/t20-,21+,22+,23+/m1/s1. The van der Waals surface area contributed by atoms with Gasteiger partial charge in [0, 0.05) is 19.1 Å². The lowest BCUT2D eigenvalue weighted by molar-refractivity contribution is -0.113. The third kappa shape index (κ3) is 6.51. The van der Waals surface area contributed by atoms with Gasteiger partial charge in [0.15, 0.2) is 5.12 Å². The molecule has 0 spiro atoms. The Bertz CT molecular complexity index is 767. The number of carbonyl (C=O) groups excluding carboxylic acids is 2. The van der Waals surface area contributed by atoms with E-state index in [0.717, 1.165) is 17.4 Å². The summed E-state index contributed by atoms with van der Waals surface area (Å²) in [4.78, 5) is 22.7. The number of hydrogen-bond donors (Lipinski definition) is 0. The molecule has 3 rings (SSSR count). The lowest BCUT2D eigenvalue weighted by atomic mass is 10.1. The van der Waals surface area contributed by atoms with E-state index < -0.39 is 6.10 Å². The van der Waals surface area contributed by atoms with Gasteiger partial charge in [0.25, 0.3) is 0 Å². The van der Waals surface area contributed by atoms with Crippen LogP contribution >= 0.6 is 11.8 Å². The fourth-order valence-electron chi connectivity index (χ4n) is 3.36. The van der Waals surface area contributed by atoms with Crippen molar-refractivity contribution in [3.05, 3.63) is 71.8 Å². The van der Waals surface area contributed by atoms with Crippen molar-refractivity contribution < 1.29 is 23.8 Å². The van der Waals surface area contributed by atoms with E-state index in [-0.39, 0.29) is 29.8 Å². The van der Waals surface area contributed by atoms with E-state index >= 15 is 0 Å². The molecule has 1 heterocycles. The van der Waals surface area contributed by atoms with Crippen molar-refractivity contribution >= 4 is 23.2 Å². The highest BCUT2D eigenvalue weighted by atomic mass is 32.2. The summed E-state index contributed by atoms with van der Waals surface area (Å²) in [5, 5.41) is 0.0241. The fourth-order valence-corrected chi connectivity index (χ4v) is 4.03. The summed E-state index contributed by atoms with van der Waals surface area (Å²) < 4.78 is 18.5. The molecule has 154 valence electrons. The van der Waals surface area contributed by atoms with Crippen LogP contribution in [0.3, 0.4) is 0 Å². The van der Waals surface area contributed by atoms with Crippen molar-refractivity contribution in [2.75, 3.05) is 5.75 Å². The Kier molecular flexibility index (Phi) is 8.43. The zero-order valence-corrected chi connectivity index (χ0v) is 17.3. The number of hydrogen-bond acceptors (Lipinski definition) is 6. The van der Waals surface area contributed by atoms with Gasteiger partial charge in [-0.1, -0.05) is 72.4 Å². The largest absolute Gasteiger partial charge is 0.368 e. The lowest BCUT2D eigenvalue weighted by Gasteiger charge is -2.24. The van der Waals surface area contributed by atoms with Gasteiger partial charge in [-0.15, -0.1) is 0 Å². The zero-order chi connectivity index (χ0) is 20.5. The Morgan fingerprint density at radius 3 is 1.93 bits per heavy atom. The van der Waals surface area contributed by atoms with Crippen LogP contribution in [0.1, 0.15) is 24.5 Å². The molecule has 5 nitrogen and oxygen atoms in total. The van der Waals surface area contributed by atoms with Gasteiger partial charge in [0.1, 0.15) is 18.5 Å². The van der Waals surface area contributed by atoms with Crippen molar-refractivity contribution in [3.8, 4) is 0 Å². The number of carbonyl (C=O) groups is 2. The molecule has 6 heteroatoms. The maximum Gasteiger partial charge on any atom is 0.185 e. The normalized spacial score (nSPS) is 23.8. The summed E-state index contributed by atoms with van der Waals surface area (Å²) in [6.07, 6.45) is -0.394. The summed E-state index contributed by atoms with van der Waals surface area (Å²) in [6, 6.07) is 19.7. The second kappa shape index (κ2) is 11.3. The molecule has 0 saturated carbocycles. The second-order valence-electron chi connectivity index (χ2n) is 6.94. The van der Waals surface area contributed by atoms with E-state index in [9.17, 15) is 9.59 Å². The highest BCUT2D eigenvalue weighted by Gasteiger charge is 2.46. The minimum absolute atomic E-state index is 0.0241. The smallest absolute Gasteiger partial charge is 0.185 e. The molecule has 2 aromatic rings. The van der Waals surface area contributed by atoms with Crippen LogP contribution in [0.5, 0.6) is 0 Å². The van der Waals surface area contributed by atoms with E-state index in [1.807, 2.05) is 60.7 Å². The SMILES string of the molecule is CC(=O)SC[C@@H]1O[C@H](CC=O)[C@H](OCc2ccccc2)[C@H]1OCc1ccccc1. The minimum atomic E-state index is -0.394. The van der Waals surface area contributed by atoms with Crippen LogP contribution in [0.2, 0.25) is 0 Å². The summed E-state index contributed by atoms with van der Waals surface area (Å²) in [5.41, 5.74) is 2.09. The van der Waals surface area contributed by atoms with Crippen LogP contribution < -0.4 is 0 Å². The molecule has 0 radical (unpaired) electrons. The average Bonchev–Trinajstić information content (AvgIpc) is 3.07. The highest BCUT2D eigenvalue weighted by Crippen LogP contribution is 2.31. The van der Waals surface area contributed by atoms with Crippen LogP contribution in [0.15, 0.2) is 60.7 Å². The van der Waals surface area contributed by atoms with E-state index in [1.165, 1.54) is 18.7 Å². The van der Waals surface area contributed by atoms with Crippen LogP contribution in [-0.4, -0.2) is 41.6 Å². The Balaban J connectivity index is 1.73. The summed E-state index contributed by atoms with van der Waals surface area (Å²) >= 11 is 1.20. The maximum absolute atomic E-state index is 11.5. The second-order valence-corrected chi connectivity index (χ2v) is 8.14. The van der Waals surface area contributed by atoms with Crippen molar-refractivity contribution in [1.82, 2.24) is 0 Å². The third-order valence-corrected chi connectivity index (χ3v) is 5.66.